The van der Waals surface area contributed by atoms with Crippen molar-refractivity contribution in [2.24, 2.45) is 0 Å². The van der Waals surface area contributed by atoms with Gasteiger partial charge in [-0.25, -0.2) is 0 Å². The number of amides is 1. The number of methoxy groups -OCH3 is 1. The number of likely N-dealkylation sites (tertiary alicyclic amines) is 1. The number of para-hydroxylation sites is 1. The molecular formula is C27H32N4O3S. The molecule has 1 saturated heterocycles. The Morgan fingerprint density at radius 2 is 2.03 bits per heavy atom. The highest BCUT2D eigenvalue weighted by atomic mass is 32.1. The van der Waals surface area contributed by atoms with Crippen molar-refractivity contribution in [3.05, 3.63) is 69.6 Å². The van der Waals surface area contributed by atoms with E-state index in [9.17, 15) is 9.59 Å². The van der Waals surface area contributed by atoms with Gasteiger partial charge in [-0.05, 0) is 51.1 Å². The summed E-state index contributed by atoms with van der Waals surface area (Å²) < 4.78 is 8.15. The zero-order valence-electron chi connectivity index (χ0n) is 19.4. The van der Waals surface area contributed by atoms with Gasteiger partial charge in [0.2, 0.25) is 0 Å². The predicted octanol–water partition coefficient (Wildman–Crippen LogP) is 4.52. The van der Waals surface area contributed by atoms with E-state index in [1.54, 1.807) is 10.8 Å². The molecule has 35 heavy (non-hydrogen) atoms. The summed E-state index contributed by atoms with van der Waals surface area (Å²) in [6.07, 6.45) is 5.00. The molecule has 3 aromatic heterocycles. The van der Waals surface area contributed by atoms with E-state index in [2.05, 4.69) is 22.2 Å². The summed E-state index contributed by atoms with van der Waals surface area (Å²) in [4.78, 5) is 34.1. The van der Waals surface area contributed by atoms with Crippen molar-refractivity contribution in [1.82, 2.24) is 19.8 Å². The standard InChI is InChI=1S/C26H28N4O3S.CH4/c1-29-15-7-9-18(29)12-14-28-25(31)24-22(33-2)21-23(34-24)19-10-3-4-11-20(19)30(26(21)32)16-17-8-5-6-13-27-17;/h3-6,8,10-11,13,18H,7,9,12,14-16H2,1-2H3,(H,28,31);1H4. The highest BCUT2D eigenvalue weighted by Crippen LogP contribution is 2.39. The average Bonchev–Trinajstić information content (AvgIpc) is 3.46. The fraction of sp³-hybridized carbons (Fsp3) is 0.370. The number of nitrogens with zero attached hydrogens (tertiary/aromatic N) is 3. The first-order valence-corrected chi connectivity index (χ1v) is 12.4. The van der Waals surface area contributed by atoms with Gasteiger partial charge in [-0.3, -0.25) is 14.6 Å². The Hall–Kier alpha value is -3.23. The van der Waals surface area contributed by atoms with Crippen LogP contribution >= 0.6 is 11.3 Å². The fourth-order valence-electron chi connectivity index (χ4n) is 4.88. The molecule has 5 rings (SSSR count). The van der Waals surface area contributed by atoms with Crippen LogP contribution in [-0.4, -0.2) is 53.6 Å². The number of fused-ring (bicyclic) bond motifs is 3. The number of benzene rings is 1. The SMILES string of the molecule is C.COc1c(C(=O)NCCC2CCCN2C)sc2c1c(=O)n(Cc1ccccn1)c1ccccc21. The van der Waals surface area contributed by atoms with E-state index >= 15 is 0 Å². The second kappa shape index (κ2) is 10.6. The van der Waals surface area contributed by atoms with Crippen LogP contribution in [0.25, 0.3) is 21.0 Å². The summed E-state index contributed by atoms with van der Waals surface area (Å²) in [5, 5.41) is 4.42. The van der Waals surface area contributed by atoms with Crippen LogP contribution in [-0.2, 0) is 6.54 Å². The minimum absolute atomic E-state index is 0. The highest BCUT2D eigenvalue weighted by Gasteiger charge is 2.26. The topological polar surface area (TPSA) is 76.5 Å². The molecule has 4 heterocycles. The molecule has 0 spiro atoms. The molecular weight excluding hydrogens is 460 g/mol. The van der Waals surface area contributed by atoms with Crippen molar-refractivity contribution in [3.63, 3.8) is 0 Å². The lowest BCUT2D eigenvalue weighted by Gasteiger charge is -2.19. The monoisotopic (exact) mass is 492 g/mol. The second-order valence-corrected chi connectivity index (χ2v) is 9.74. The third-order valence-corrected chi connectivity index (χ3v) is 7.86. The summed E-state index contributed by atoms with van der Waals surface area (Å²) >= 11 is 1.32. The van der Waals surface area contributed by atoms with Gasteiger partial charge in [0, 0.05) is 24.2 Å². The molecule has 8 heteroatoms. The smallest absolute Gasteiger partial charge is 0.265 e. The third kappa shape index (κ3) is 4.68. The van der Waals surface area contributed by atoms with Crippen molar-refractivity contribution < 1.29 is 9.53 Å². The molecule has 1 aromatic carbocycles. The maximum atomic E-state index is 13.7. The van der Waals surface area contributed by atoms with Gasteiger partial charge in [-0.15, -0.1) is 11.3 Å². The van der Waals surface area contributed by atoms with Crippen LogP contribution in [0.4, 0.5) is 0 Å². The molecule has 0 radical (unpaired) electrons. The number of hydrogen-bond acceptors (Lipinski definition) is 6. The molecule has 0 saturated carbocycles. The molecule has 1 amide bonds. The van der Waals surface area contributed by atoms with Gasteiger partial charge < -0.3 is 19.5 Å². The van der Waals surface area contributed by atoms with E-state index in [1.165, 1.54) is 31.3 Å². The quantitative estimate of drug-likeness (QED) is 0.411. The van der Waals surface area contributed by atoms with Gasteiger partial charge in [-0.2, -0.15) is 0 Å². The summed E-state index contributed by atoms with van der Waals surface area (Å²) in [5.74, 6) is 0.152. The summed E-state index contributed by atoms with van der Waals surface area (Å²) in [6, 6.07) is 13.9. The van der Waals surface area contributed by atoms with Crippen LogP contribution in [0.3, 0.4) is 0 Å². The van der Waals surface area contributed by atoms with Gasteiger partial charge in [0.25, 0.3) is 11.5 Å². The first-order chi connectivity index (χ1) is 16.6. The molecule has 0 bridgehead atoms. The Morgan fingerprint density at radius 1 is 1.23 bits per heavy atom. The van der Waals surface area contributed by atoms with Crippen molar-refractivity contribution >= 4 is 38.2 Å². The second-order valence-electron chi connectivity index (χ2n) is 8.72. The zero-order valence-corrected chi connectivity index (χ0v) is 20.2. The van der Waals surface area contributed by atoms with Gasteiger partial charge in [0.05, 0.1) is 29.6 Å². The van der Waals surface area contributed by atoms with Gasteiger partial charge in [0.1, 0.15) is 10.3 Å². The molecule has 0 aliphatic carbocycles. The van der Waals surface area contributed by atoms with Crippen molar-refractivity contribution in [2.45, 2.75) is 39.3 Å². The zero-order chi connectivity index (χ0) is 23.7. The lowest BCUT2D eigenvalue weighted by molar-refractivity contribution is 0.0952. The molecule has 1 aliphatic heterocycles. The van der Waals surface area contributed by atoms with E-state index in [0.29, 0.717) is 35.1 Å². The lowest BCUT2D eigenvalue weighted by atomic mass is 10.1. The van der Waals surface area contributed by atoms with Gasteiger partial charge >= 0.3 is 0 Å². The Kier molecular flexibility index (Phi) is 7.52. The van der Waals surface area contributed by atoms with E-state index in [1.807, 2.05) is 42.5 Å². The molecule has 184 valence electrons. The fourth-order valence-corrected chi connectivity index (χ4v) is 6.09. The summed E-state index contributed by atoms with van der Waals surface area (Å²) in [6.45, 7) is 2.04. The minimum atomic E-state index is -0.196. The number of ether oxygens (including phenoxy) is 1. The van der Waals surface area contributed by atoms with Crippen LogP contribution in [0.2, 0.25) is 0 Å². The number of pyridine rings is 2. The molecule has 1 fully saturated rings. The average molecular weight is 493 g/mol. The molecule has 7 nitrogen and oxygen atoms in total. The molecule has 1 aliphatic rings. The Morgan fingerprint density at radius 3 is 2.74 bits per heavy atom. The van der Waals surface area contributed by atoms with Crippen molar-refractivity contribution in [1.29, 1.82) is 0 Å². The number of nitrogens with one attached hydrogen (secondary N) is 1. The Balaban J connectivity index is 0.00000289. The third-order valence-electron chi connectivity index (χ3n) is 6.65. The summed E-state index contributed by atoms with van der Waals surface area (Å²) in [7, 11) is 3.65. The normalized spacial score (nSPS) is 15.9. The van der Waals surface area contributed by atoms with Crippen LogP contribution in [0, 0.1) is 0 Å². The van der Waals surface area contributed by atoms with Crippen LogP contribution < -0.4 is 15.6 Å². The van der Waals surface area contributed by atoms with Gasteiger partial charge in [-0.1, -0.05) is 31.7 Å². The Labute approximate surface area is 209 Å². The number of carbonyl (C=O) groups excluding carboxylic acids is 1. The highest BCUT2D eigenvalue weighted by molar-refractivity contribution is 7.22. The number of thiophene rings is 1. The van der Waals surface area contributed by atoms with E-state index in [4.69, 9.17) is 4.74 Å². The first-order valence-electron chi connectivity index (χ1n) is 11.6. The van der Waals surface area contributed by atoms with Gasteiger partial charge in [0.15, 0.2) is 5.75 Å². The number of rotatable bonds is 7. The molecule has 1 unspecified atom stereocenters. The van der Waals surface area contributed by atoms with E-state index in [0.717, 1.165) is 34.3 Å². The largest absolute Gasteiger partial charge is 0.494 e. The van der Waals surface area contributed by atoms with Crippen molar-refractivity contribution in [3.8, 4) is 5.75 Å². The van der Waals surface area contributed by atoms with Crippen LogP contribution in [0.1, 0.15) is 42.1 Å². The van der Waals surface area contributed by atoms with Crippen LogP contribution in [0.5, 0.6) is 5.75 Å². The first kappa shape index (κ1) is 24.9. The Bertz CT molecular complexity index is 1400. The van der Waals surface area contributed by atoms with E-state index < -0.39 is 0 Å². The molecule has 1 atom stereocenters. The molecule has 1 N–H and O–H groups in total. The number of hydrogen-bond donors (Lipinski definition) is 1. The number of carbonyl (C=O) groups is 1. The van der Waals surface area contributed by atoms with Crippen molar-refractivity contribution in [2.75, 3.05) is 27.2 Å². The maximum Gasteiger partial charge on any atom is 0.265 e. The maximum absolute atomic E-state index is 13.7. The predicted molar refractivity (Wildman–Crippen MR) is 143 cm³/mol. The summed E-state index contributed by atoms with van der Waals surface area (Å²) in [5.41, 5.74) is 1.42. The lowest BCUT2D eigenvalue weighted by Crippen LogP contribution is -2.31. The van der Waals surface area contributed by atoms with Crippen LogP contribution in [0.15, 0.2) is 53.5 Å². The number of aromatic nitrogens is 2. The minimum Gasteiger partial charge on any atom is -0.494 e. The van der Waals surface area contributed by atoms with E-state index in [-0.39, 0.29) is 18.9 Å². The molecule has 4 aromatic rings.